The molecule has 0 radical (unpaired) electrons. The quantitative estimate of drug-likeness (QED) is 0.682. The highest BCUT2D eigenvalue weighted by atomic mass is 16.2. The molecule has 3 amide bonds. The summed E-state index contributed by atoms with van der Waals surface area (Å²) in [5, 5.41) is 4.92. The molecular formula is C21H20N2O3. The van der Waals surface area contributed by atoms with Crippen molar-refractivity contribution in [1.82, 2.24) is 4.90 Å². The molecule has 1 N–H and O–H groups in total. The normalized spacial score (nSPS) is 21.9. The van der Waals surface area contributed by atoms with Crippen molar-refractivity contribution in [3.05, 3.63) is 54.6 Å². The van der Waals surface area contributed by atoms with Gasteiger partial charge < -0.3 is 5.32 Å². The number of hydrogen-bond acceptors (Lipinski definition) is 3. The molecule has 1 fully saturated rings. The Bertz CT molecular complexity index is 887. The first-order chi connectivity index (χ1) is 12.6. The average molecular weight is 348 g/mol. The van der Waals surface area contributed by atoms with Crippen LogP contribution in [0.25, 0.3) is 10.8 Å². The van der Waals surface area contributed by atoms with Crippen LogP contribution in [0.2, 0.25) is 0 Å². The Labute approximate surface area is 151 Å². The summed E-state index contributed by atoms with van der Waals surface area (Å²) in [6.07, 6.45) is 5.27. The molecule has 2 aromatic rings. The van der Waals surface area contributed by atoms with Crippen LogP contribution >= 0.6 is 0 Å². The Balaban J connectivity index is 1.41. The number of anilines is 1. The SMILES string of the molecule is O=C(CCN1C(=O)[C@@H]2CC=CC[C@H]2C1=O)Nc1cccc2ccccc12. The molecule has 1 aliphatic carbocycles. The number of carbonyl (C=O) groups excluding carboxylic acids is 3. The lowest BCUT2D eigenvalue weighted by molar-refractivity contribution is -0.140. The third-order valence-electron chi connectivity index (χ3n) is 5.23. The summed E-state index contributed by atoms with van der Waals surface area (Å²) in [5.74, 6) is -0.957. The number of rotatable bonds is 4. The highest BCUT2D eigenvalue weighted by Crippen LogP contribution is 2.35. The van der Waals surface area contributed by atoms with E-state index in [2.05, 4.69) is 5.32 Å². The number of nitrogens with one attached hydrogen (secondary N) is 1. The fraction of sp³-hybridized carbons (Fsp3) is 0.286. The highest BCUT2D eigenvalue weighted by molar-refractivity contribution is 6.06. The Morgan fingerprint density at radius 3 is 2.35 bits per heavy atom. The Hall–Kier alpha value is -2.95. The second kappa shape index (κ2) is 6.75. The van der Waals surface area contributed by atoms with Gasteiger partial charge in [0.2, 0.25) is 17.7 Å². The maximum absolute atomic E-state index is 12.4. The molecule has 2 aromatic carbocycles. The summed E-state index contributed by atoms with van der Waals surface area (Å²) in [5.41, 5.74) is 0.741. The van der Waals surface area contributed by atoms with E-state index < -0.39 is 0 Å². The zero-order chi connectivity index (χ0) is 18.1. The smallest absolute Gasteiger partial charge is 0.233 e. The number of amides is 3. The minimum absolute atomic E-state index is 0.105. The molecular weight excluding hydrogens is 328 g/mol. The molecule has 0 spiro atoms. The van der Waals surface area contributed by atoms with E-state index in [9.17, 15) is 14.4 Å². The lowest BCUT2D eigenvalue weighted by Crippen LogP contribution is -2.34. The Kier molecular flexibility index (Phi) is 4.29. The molecule has 1 saturated heterocycles. The zero-order valence-corrected chi connectivity index (χ0v) is 14.4. The van der Waals surface area contributed by atoms with Gasteiger partial charge in [-0.25, -0.2) is 0 Å². The average Bonchev–Trinajstić information content (AvgIpc) is 2.91. The third kappa shape index (κ3) is 2.90. The fourth-order valence-corrected chi connectivity index (χ4v) is 3.85. The largest absolute Gasteiger partial charge is 0.325 e. The van der Waals surface area contributed by atoms with Gasteiger partial charge in [0.25, 0.3) is 0 Å². The van der Waals surface area contributed by atoms with Crippen LogP contribution in [-0.2, 0) is 14.4 Å². The first kappa shape index (κ1) is 16.5. The van der Waals surface area contributed by atoms with E-state index in [1.54, 1.807) is 0 Å². The first-order valence-corrected chi connectivity index (χ1v) is 8.93. The molecule has 5 nitrogen and oxygen atoms in total. The molecule has 0 bridgehead atoms. The van der Waals surface area contributed by atoms with Gasteiger partial charge in [-0.05, 0) is 24.3 Å². The molecule has 26 heavy (non-hydrogen) atoms. The van der Waals surface area contributed by atoms with Crippen molar-refractivity contribution in [3.8, 4) is 0 Å². The van der Waals surface area contributed by atoms with Gasteiger partial charge in [0.1, 0.15) is 0 Å². The lowest BCUT2D eigenvalue weighted by atomic mass is 9.85. The van der Waals surface area contributed by atoms with Crippen molar-refractivity contribution in [1.29, 1.82) is 0 Å². The number of imide groups is 1. The number of carbonyl (C=O) groups is 3. The maximum Gasteiger partial charge on any atom is 0.233 e. The van der Waals surface area contributed by atoms with Crippen LogP contribution in [0.3, 0.4) is 0 Å². The minimum atomic E-state index is -0.242. The van der Waals surface area contributed by atoms with Crippen LogP contribution in [0.15, 0.2) is 54.6 Å². The second-order valence-electron chi connectivity index (χ2n) is 6.81. The molecule has 2 atom stereocenters. The fourth-order valence-electron chi connectivity index (χ4n) is 3.85. The predicted molar refractivity (Wildman–Crippen MR) is 99.3 cm³/mol. The van der Waals surface area contributed by atoms with E-state index >= 15 is 0 Å². The summed E-state index contributed by atoms with van der Waals surface area (Å²) < 4.78 is 0. The van der Waals surface area contributed by atoms with E-state index in [1.165, 1.54) is 4.90 Å². The monoisotopic (exact) mass is 348 g/mol. The van der Waals surface area contributed by atoms with Gasteiger partial charge >= 0.3 is 0 Å². The number of nitrogens with zero attached hydrogens (tertiary/aromatic N) is 1. The van der Waals surface area contributed by atoms with Crippen LogP contribution in [0.1, 0.15) is 19.3 Å². The molecule has 1 heterocycles. The van der Waals surface area contributed by atoms with Crippen LogP contribution in [0.5, 0.6) is 0 Å². The van der Waals surface area contributed by atoms with Crippen molar-refractivity contribution in [2.75, 3.05) is 11.9 Å². The lowest BCUT2D eigenvalue weighted by Gasteiger charge is -2.15. The molecule has 0 aromatic heterocycles. The van der Waals surface area contributed by atoms with Gasteiger partial charge in [0, 0.05) is 24.0 Å². The summed E-state index contributed by atoms with van der Waals surface area (Å²) >= 11 is 0. The molecule has 2 aliphatic rings. The van der Waals surface area contributed by atoms with Crippen molar-refractivity contribution in [3.63, 3.8) is 0 Å². The molecule has 0 unspecified atom stereocenters. The number of allylic oxidation sites excluding steroid dienone is 2. The van der Waals surface area contributed by atoms with Gasteiger partial charge in [-0.1, -0.05) is 48.6 Å². The summed E-state index contributed by atoms with van der Waals surface area (Å²) in [6.45, 7) is 0.140. The van der Waals surface area contributed by atoms with E-state index in [-0.39, 0.29) is 42.5 Å². The van der Waals surface area contributed by atoms with Gasteiger partial charge in [0.05, 0.1) is 11.8 Å². The molecule has 5 heteroatoms. The number of fused-ring (bicyclic) bond motifs is 2. The van der Waals surface area contributed by atoms with Gasteiger partial charge in [0.15, 0.2) is 0 Å². The van der Waals surface area contributed by atoms with Crippen LogP contribution in [0.4, 0.5) is 5.69 Å². The van der Waals surface area contributed by atoms with Crippen molar-refractivity contribution in [2.45, 2.75) is 19.3 Å². The van der Waals surface area contributed by atoms with Crippen molar-refractivity contribution >= 4 is 34.2 Å². The highest BCUT2D eigenvalue weighted by Gasteiger charge is 2.46. The Morgan fingerprint density at radius 1 is 0.962 bits per heavy atom. The zero-order valence-electron chi connectivity index (χ0n) is 14.4. The molecule has 4 rings (SSSR count). The van der Waals surface area contributed by atoms with Crippen molar-refractivity contribution in [2.24, 2.45) is 11.8 Å². The van der Waals surface area contributed by atoms with E-state index in [0.717, 1.165) is 16.5 Å². The summed E-state index contributed by atoms with van der Waals surface area (Å²) in [6, 6.07) is 13.6. The van der Waals surface area contributed by atoms with Gasteiger partial charge in [-0.3, -0.25) is 19.3 Å². The van der Waals surface area contributed by atoms with Gasteiger partial charge in [-0.2, -0.15) is 0 Å². The molecule has 132 valence electrons. The van der Waals surface area contributed by atoms with E-state index in [0.29, 0.717) is 12.8 Å². The number of likely N-dealkylation sites (tertiary alicyclic amines) is 1. The second-order valence-corrected chi connectivity index (χ2v) is 6.81. The van der Waals surface area contributed by atoms with Crippen LogP contribution < -0.4 is 5.32 Å². The number of hydrogen-bond donors (Lipinski definition) is 1. The molecule has 1 aliphatic heterocycles. The Morgan fingerprint density at radius 2 is 1.62 bits per heavy atom. The minimum Gasteiger partial charge on any atom is -0.325 e. The topological polar surface area (TPSA) is 66.5 Å². The maximum atomic E-state index is 12.4. The standard InChI is InChI=1S/C21H20N2O3/c24-19(22-18-11-5-7-14-6-1-2-8-15(14)18)12-13-23-20(25)16-9-3-4-10-17(16)21(23)26/h1-8,11,16-17H,9-10,12-13H2,(H,22,24)/t16-,17-/m1/s1. The van der Waals surface area contributed by atoms with E-state index in [1.807, 2.05) is 54.6 Å². The van der Waals surface area contributed by atoms with Gasteiger partial charge in [-0.15, -0.1) is 0 Å². The summed E-state index contributed by atoms with van der Waals surface area (Å²) in [4.78, 5) is 38.5. The van der Waals surface area contributed by atoms with Crippen LogP contribution in [0, 0.1) is 11.8 Å². The van der Waals surface area contributed by atoms with Crippen molar-refractivity contribution < 1.29 is 14.4 Å². The predicted octanol–water partition coefficient (Wildman–Crippen LogP) is 3.12. The van der Waals surface area contributed by atoms with E-state index in [4.69, 9.17) is 0 Å². The third-order valence-corrected chi connectivity index (χ3v) is 5.23. The molecule has 0 saturated carbocycles. The summed E-state index contributed by atoms with van der Waals surface area (Å²) in [7, 11) is 0. The number of benzene rings is 2. The van der Waals surface area contributed by atoms with Crippen LogP contribution in [-0.4, -0.2) is 29.2 Å². The first-order valence-electron chi connectivity index (χ1n) is 8.93.